The third-order valence-corrected chi connectivity index (χ3v) is 5.28. The molecule has 1 aromatic rings. The van der Waals surface area contributed by atoms with Gasteiger partial charge in [-0.15, -0.1) is 0 Å². The summed E-state index contributed by atoms with van der Waals surface area (Å²) in [6.07, 6.45) is 5.73. The van der Waals surface area contributed by atoms with E-state index >= 15 is 0 Å². The van der Waals surface area contributed by atoms with Gasteiger partial charge >= 0.3 is 0 Å². The second-order valence-electron chi connectivity index (χ2n) is 5.28. The van der Waals surface area contributed by atoms with E-state index in [0.717, 1.165) is 18.7 Å². The van der Waals surface area contributed by atoms with Crippen LogP contribution in [-0.4, -0.2) is 33.0 Å². The Labute approximate surface area is 133 Å². The fraction of sp³-hybridized carbons (Fsp3) is 0.600. The first-order chi connectivity index (χ1) is 9.95. The van der Waals surface area contributed by atoms with E-state index in [1.807, 2.05) is 37.7 Å². The second-order valence-corrected chi connectivity index (χ2v) is 7.98. The van der Waals surface area contributed by atoms with Crippen LogP contribution in [0.1, 0.15) is 33.1 Å². The number of rotatable bonds is 10. The summed E-state index contributed by atoms with van der Waals surface area (Å²) < 4.78 is 26.5. The zero-order chi connectivity index (χ0) is 15.7. The molecule has 0 aliphatic carbocycles. The molecule has 120 valence electrons. The summed E-state index contributed by atoms with van der Waals surface area (Å²) in [5, 5.41) is 3.32. The maximum Gasteiger partial charge on any atom is 0.240 e. The van der Waals surface area contributed by atoms with Gasteiger partial charge in [-0.05, 0) is 63.0 Å². The quantitative estimate of drug-likeness (QED) is 0.646. The monoisotopic (exact) mass is 330 g/mol. The minimum atomic E-state index is -3.39. The largest absolute Gasteiger partial charge is 0.385 e. The summed E-state index contributed by atoms with van der Waals surface area (Å²) in [7, 11) is -3.39. The topological polar surface area (TPSA) is 58.2 Å². The molecule has 6 heteroatoms. The number of benzene rings is 1. The van der Waals surface area contributed by atoms with Gasteiger partial charge in [-0.1, -0.05) is 6.42 Å². The Morgan fingerprint density at radius 3 is 2.33 bits per heavy atom. The highest BCUT2D eigenvalue weighted by Crippen LogP contribution is 2.14. The van der Waals surface area contributed by atoms with Crippen molar-refractivity contribution in [3.8, 4) is 0 Å². The molecule has 2 N–H and O–H groups in total. The Balaban J connectivity index is 2.44. The molecule has 0 bridgehead atoms. The van der Waals surface area contributed by atoms with Crippen LogP contribution in [0.5, 0.6) is 0 Å². The zero-order valence-electron chi connectivity index (χ0n) is 13.1. The van der Waals surface area contributed by atoms with Crippen LogP contribution in [0.2, 0.25) is 0 Å². The van der Waals surface area contributed by atoms with Crippen molar-refractivity contribution in [2.24, 2.45) is 0 Å². The molecule has 21 heavy (non-hydrogen) atoms. The van der Waals surface area contributed by atoms with E-state index in [2.05, 4.69) is 16.3 Å². The standard InChI is InChI=1S/C15H26N2O2S2/c1-13(2)17-21(18,19)15-9-7-14(8-10-15)16-11-5-4-6-12-20-3/h7-10,13,16-17H,4-6,11-12H2,1-3H3. The summed E-state index contributed by atoms with van der Waals surface area (Å²) in [6, 6.07) is 6.81. The molecule has 0 radical (unpaired) electrons. The lowest BCUT2D eigenvalue weighted by Crippen LogP contribution is -2.30. The van der Waals surface area contributed by atoms with Gasteiger partial charge in [0, 0.05) is 18.3 Å². The molecule has 0 saturated heterocycles. The number of unbranched alkanes of at least 4 members (excludes halogenated alkanes) is 2. The predicted molar refractivity (Wildman–Crippen MR) is 92.6 cm³/mol. The van der Waals surface area contributed by atoms with Crippen LogP contribution >= 0.6 is 11.8 Å². The van der Waals surface area contributed by atoms with Crippen molar-refractivity contribution in [3.05, 3.63) is 24.3 Å². The lowest BCUT2D eigenvalue weighted by Gasteiger charge is -2.11. The molecule has 0 aliphatic rings. The van der Waals surface area contributed by atoms with Crippen molar-refractivity contribution in [1.82, 2.24) is 4.72 Å². The van der Waals surface area contributed by atoms with E-state index in [0.29, 0.717) is 4.90 Å². The van der Waals surface area contributed by atoms with Gasteiger partial charge in [0.2, 0.25) is 10.0 Å². The normalized spacial score (nSPS) is 11.8. The molecule has 4 nitrogen and oxygen atoms in total. The number of anilines is 1. The van der Waals surface area contributed by atoms with Gasteiger partial charge in [-0.25, -0.2) is 13.1 Å². The minimum Gasteiger partial charge on any atom is -0.385 e. The first kappa shape index (κ1) is 18.3. The van der Waals surface area contributed by atoms with Gasteiger partial charge in [-0.2, -0.15) is 11.8 Å². The van der Waals surface area contributed by atoms with E-state index in [1.54, 1.807) is 12.1 Å². The Hall–Kier alpha value is -0.720. The van der Waals surface area contributed by atoms with Crippen molar-refractivity contribution >= 4 is 27.5 Å². The summed E-state index contributed by atoms with van der Waals surface area (Å²) in [5.74, 6) is 1.22. The van der Waals surface area contributed by atoms with Gasteiger partial charge < -0.3 is 5.32 Å². The predicted octanol–water partition coefficient (Wildman–Crippen LogP) is 3.32. The van der Waals surface area contributed by atoms with Crippen LogP contribution in [0.15, 0.2) is 29.2 Å². The molecule has 0 aliphatic heterocycles. The highest BCUT2D eigenvalue weighted by atomic mass is 32.2. The van der Waals surface area contributed by atoms with Crippen molar-refractivity contribution in [2.45, 2.75) is 44.0 Å². The molecule has 0 atom stereocenters. The molecule has 0 fully saturated rings. The Morgan fingerprint density at radius 1 is 1.10 bits per heavy atom. The van der Waals surface area contributed by atoms with Gasteiger partial charge in [0.05, 0.1) is 4.90 Å². The average Bonchev–Trinajstić information content (AvgIpc) is 2.42. The molecular formula is C15H26N2O2S2. The molecule has 0 heterocycles. The zero-order valence-corrected chi connectivity index (χ0v) is 14.7. The van der Waals surface area contributed by atoms with Gasteiger partial charge in [0.25, 0.3) is 0 Å². The smallest absolute Gasteiger partial charge is 0.240 e. The van der Waals surface area contributed by atoms with Crippen molar-refractivity contribution in [2.75, 3.05) is 23.9 Å². The fourth-order valence-corrected chi connectivity index (χ4v) is 3.66. The third kappa shape index (κ3) is 7.20. The summed E-state index contributed by atoms with van der Waals surface area (Å²) in [5.41, 5.74) is 0.961. The van der Waals surface area contributed by atoms with E-state index in [-0.39, 0.29) is 6.04 Å². The minimum absolute atomic E-state index is 0.103. The average molecular weight is 331 g/mol. The molecule has 0 saturated carbocycles. The van der Waals surface area contributed by atoms with Crippen LogP contribution in [0, 0.1) is 0 Å². The second kappa shape index (κ2) is 9.33. The van der Waals surface area contributed by atoms with Gasteiger partial charge in [-0.3, -0.25) is 0 Å². The van der Waals surface area contributed by atoms with Crippen LogP contribution in [-0.2, 0) is 10.0 Å². The van der Waals surface area contributed by atoms with Crippen LogP contribution in [0.25, 0.3) is 0 Å². The SMILES string of the molecule is CSCCCCCNc1ccc(S(=O)(=O)NC(C)C)cc1. The van der Waals surface area contributed by atoms with Crippen molar-refractivity contribution in [3.63, 3.8) is 0 Å². The highest BCUT2D eigenvalue weighted by Gasteiger charge is 2.14. The molecule has 0 unspecified atom stereocenters. The summed E-state index contributed by atoms with van der Waals surface area (Å²) in [6.45, 7) is 4.54. The van der Waals surface area contributed by atoms with E-state index in [4.69, 9.17) is 0 Å². The number of hydrogen-bond donors (Lipinski definition) is 2. The number of nitrogens with one attached hydrogen (secondary N) is 2. The molecule has 0 amide bonds. The maximum atomic E-state index is 12.0. The van der Waals surface area contributed by atoms with E-state index in [1.165, 1.54) is 18.6 Å². The van der Waals surface area contributed by atoms with Crippen LogP contribution in [0.4, 0.5) is 5.69 Å². The molecule has 0 spiro atoms. The summed E-state index contributed by atoms with van der Waals surface area (Å²) >= 11 is 1.88. The first-order valence-corrected chi connectivity index (χ1v) is 10.2. The van der Waals surface area contributed by atoms with E-state index in [9.17, 15) is 8.42 Å². The number of hydrogen-bond acceptors (Lipinski definition) is 4. The molecule has 1 aromatic carbocycles. The fourth-order valence-electron chi connectivity index (χ4n) is 1.91. The van der Waals surface area contributed by atoms with Crippen LogP contribution < -0.4 is 10.0 Å². The van der Waals surface area contributed by atoms with Gasteiger partial charge in [0.15, 0.2) is 0 Å². The van der Waals surface area contributed by atoms with Crippen LogP contribution in [0.3, 0.4) is 0 Å². The lowest BCUT2D eigenvalue weighted by atomic mass is 10.2. The Kier molecular flexibility index (Phi) is 8.14. The Bertz CT molecular complexity index is 499. The summed E-state index contributed by atoms with van der Waals surface area (Å²) in [4.78, 5) is 0.307. The third-order valence-electron chi connectivity index (χ3n) is 2.91. The highest BCUT2D eigenvalue weighted by molar-refractivity contribution is 7.98. The van der Waals surface area contributed by atoms with Crippen molar-refractivity contribution < 1.29 is 8.42 Å². The number of sulfonamides is 1. The van der Waals surface area contributed by atoms with E-state index < -0.39 is 10.0 Å². The number of thioether (sulfide) groups is 1. The lowest BCUT2D eigenvalue weighted by molar-refractivity contribution is 0.570. The first-order valence-electron chi connectivity index (χ1n) is 7.31. The Morgan fingerprint density at radius 2 is 1.76 bits per heavy atom. The van der Waals surface area contributed by atoms with Crippen molar-refractivity contribution in [1.29, 1.82) is 0 Å². The maximum absolute atomic E-state index is 12.0. The molecule has 0 aromatic heterocycles. The van der Waals surface area contributed by atoms with Gasteiger partial charge in [0.1, 0.15) is 0 Å². The molecular weight excluding hydrogens is 304 g/mol. The molecule has 1 rings (SSSR count).